The van der Waals surface area contributed by atoms with Crippen LogP contribution < -0.4 is 5.73 Å². The molecule has 3 heteroatoms. The molecule has 1 aliphatic heterocycles. The minimum Gasteiger partial charge on any atom is -0.369 e. The van der Waals surface area contributed by atoms with E-state index in [2.05, 4.69) is 44.7 Å². The number of nitrogens with two attached hydrogens (primary N) is 1. The van der Waals surface area contributed by atoms with E-state index in [4.69, 9.17) is 5.73 Å². The van der Waals surface area contributed by atoms with Crippen molar-refractivity contribution in [3.05, 3.63) is 35.9 Å². The first-order chi connectivity index (χ1) is 9.90. The number of nitrogens with zero attached hydrogens (tertiary/aromatic N) is 1. The Morgan fingerprint density at radius 1 is 1.24 bits per heavy atom. The summed E-state index contributed by atoms with van der Waals surface area (Å²) in [6.07, 6.45) is 1.04. The lowest BCUT2D eigenvalue weighted by Gasteiger charge is -2.40. The summed E-state index contributed by atoms with van der Waals surface area (Å²) in [7, 11) is 0. The number of carbonyl (C=O) groups is 1. The number of carbonyl (C=O) groups excluding carboxylic acids is 1. The average molecular weight is 288 g/mol. The van der Waals surface area contributed by atoms with Crippen molar-refractivity contribution in [2.75, 3.05) is 13.1 Å². The van der Waals surface area contributed by atoms with Crippen molar-refractivity contribution in [2.45, 2.75) is 45.6 Å². The number of likely N-dealkylation sites (tertiary alicyclic amines) is 1. The molecule has 2 N–H and O–H groups in total. The molecule has 21 heavy (non-hydrogen) atoms. The molecule has 0 aliphatic carbocycles. The van der Waals surface area contributed by atoms with Gasteiger partial charge in [-0.25, -0.2) is 0 Å². The standard InChI is InChI=1S/C18H28N2O/c1-13(2)18(17(19)21,15-8-6-5-7-9-15)16-10-11-20(12-16)14(3)4/h5-9,13-14,16H,10-12H2,1-4H3,(H2,19,21)/t16-,18-/m0/s1. The van der Waals surface area contributed by atoms with Gasteiger partial charge >= 0.3 is 0 Å². The monoisotopic (exact) mass is 288 g/mol. The molecule has 1 fully saturated rings. The van der Waals surface area contributed by atoms with Crippen molar-refractivity contribution in [3.8, 4) is 0 Å². The van der Waals surface area contributed by atoms with Gasteiger partial charge in [0.1, 0.15) is 0 Å². The van der Waals surface area contributed by atoms with Gasteiger partial charge in [-0.1, -0.05) is 44.2 Å². The minimum absolute atomic E-state index is 0.181. The summed E-state index contributed by atoms with van der Waals surface area (Å²) in [6, 6.07) is 10.6. The Bertz CT molecular complexity index is 483. The smallest absolute Gasteiger partial charge is 0.228 e. The maximum Gasteiger partial charge on any atom is 0.228 e. The minimum atomic E-state index is -0.565. The fraction of sp³-hybridized carbons (Fsp3) is 0.611. The number of benzene rings is 1. The molecule has 0 radical (unpaired) electrons. The quantitative estimate of drug-likeness (QED) is 0.905. The zero-order chi connectivity index (χ0) is 15.6. The fourth-order valence-corrected chi connectivity index (χ4v) is 4.01. The second-order valence-corrected chi connectivity index (χ2v) is 6.83. The molecule has 1 amide bonds. The summed E-state index contributed by atoms with van der Waals surface area (Å²) < 4.78 is 0. The zero-order valence-electron chi connectivity index (χ0n) is 13.7. The Kier molecular flexibility index (Phi) is 4.72. The summed E-state index contributed by atoms with van der Waals surface area (Å²) >= 11 is 0. The van der Waals surface area contributed by atoms with E-state index in [1.165, 1.54) is 0 Å². The van der Waals surface area contributed by atoms with Crippen LogP contribution in [0.4, 0.5) is 0 Å². The van der Waals surface area contributed by atoms with Crippen LogP contribution in [0.1, 0.15) is 39.7 Å². The van der Waals surface area contributed by atoms with E-state index >= 15 is 0 Å². The third-order valence-electron chi connectivity index (χ3n) is 5.16. The number of hydrogen-bond donors (Lipinski definition) is 1. The van der Waals surface area contributed by atoms with E-state index < -0.39 is 5.41 Å². The lowest BCUT2D eigenvalue weighted by molar-refractivity contribution is -0.127. The summed E-state index contributed by atoms with van der Waals surface area (Å²) in [5.74, 6) is 0.300. The zero-order valence-corrected chi connectivity index (χ0v) is 13.7. The normalized spacial score (nSPS) is 22.7. The molecule has 2 atom stereocenters. The van der Waals surface area contributed by atoms with E-state index in [9.17, 15) is 4.79 Å². The molecule has 0 unspecified atom stereocenters. The van der Waals surface area contributed by atoms with Gasteiger partial charge in [-0.05, 0) is 44.2 Å². The number of hydrogen-bond acceptors (Lipinski definition) is 2. The maximum absolute atomic E-state index is 12.5. The Hall–Kier alpha value is -1.35. The van der Waals surface area contributed by atoms with Crippen LogP contribution in [0.25, 0.3) is 0 Å². The molecule has 116 valence electrons. The first-order valence-electron chi connectivity index (χ1n) is 8.00. The molecule has 0 saturated carbocycles. The van der Waals surface area contributed by atoms with Gasteiger partial charge in [0.2, 0.25) is 5.91 Å². The Morgan fingerprint density at radius 3 is 2.29 bits per heavy atom. The lowest BCUT2D eigenvalue weighted by atomic mass is 9.62. The molecular formula is C18H28N2O. The number of amides is 1. The first kappa shape index (κ1) is 16.0. The summed E-state index contributed by atoms with van der Waals surface area (Å²) in [5.41, 5.74) is 6.46. The molecule has 0 aromatic heterocycles. The van der Waals surface area contributed by atoms with E-state index in [1.54, 1.807) is 0 Å². The Morgan fingerprint density at radius 2 is 1.86 bits per heavy atom. The van der Waals surface area contributed by atoms with Gasteiger partial charge < -0.3 is 10.6 Å². The third kappa shape index (κ3) is 2.71. The van der Waals surface area contributed by atoms with Crippen molar-refractivity contribution in [1.82, 2.24) is 4.90 Å². The number of primary amides is 1. The van der Waals surface area contributed by atoms with Gasteiger partial charge in [0.15, 0.2) is 0 Å². The van der Waals surface area contributed by atoms with Gasteiger partial charge in [0, 0.05) is 12.6 Å². The maximum atomic E-state index is 12.5. The van der Waals surface area contributed by atoms with Crippen molar-refractivity contribution in [3.63, 3.8) is 0 Å². The van der Waals surface area contributed by atoms with Crippen molar-refractivity contribution in [1.29, 1.82) is 0 Å². The van der Waals surface area contributed by atoms with Crippen LogP contribution in [-0.2, 0) is 10.2 Å². The van der Waals surface area contributed by atoms with E-state index in [1.807, 2.05) is 18.2 Å². The van der Waals surface area contributed by atoms with Gasteiger partial charge in [0.25, 0.3) is 0 Å². The molecule has 1 aliphatic rings. The highest BCUT2D eigenvalue weighted by Crippen LogP contribution is 2.44. The molecular weight excluding hydrogens is 260 g/mol. The van der Waals surface area contributed by atoms with E-state index in [0.29, 0.717) is 12.0 Å². The molecule has 1 saturated heterocycles. The highest BCUT2D eigenvalue weighted by atomic mass is 16.1. The Balaban J connectivity index is 2.45. The Labute approximate surface area is 128 Å². The molecule has 1 heterocycles. The van der Waals surface area contributed by atoms with Gasteiger partial charge in [-0.2, -0.15) is 0 Å². The van der Waals surface area contributed by atoms with Crippen LogP contribution in [0.3, 0.4) is 0 Å². The van der Waals surface area contributed by atoms with Crippen LogP contribution in [0.5, 0.6) is 0 Å². The van der Waals surface area contributed by atoms with Crippen molar-refractivity contribution < 1.29 is 4.79 Å². The molecule has 0 bridgehead atoms. The topological polar surface area (TPSA) is 46.3 Å². The number of rotatable bonds is 5. The molecule has 2 rings (SSSR count). The average Bonchev–Trinajstić information content (AvgIpc) is 2.90. The van der Waals surface area contributed by atoms with Crippen LogP contribution in [-0.4, -0.2) is 29.9 Å². The molecule has 1 aromatic carbocycles. The highest BCUT2D eigenvalue weighted by Gasteiger charge is 2.50. The lowest BCUT2D eigenvalue weighted by Crippen LogP contribution is -2.52. The van der Waals surface area contributed by atoms with E-state index in [-0.39, 0.29) is 11.8 Å². The van der Waals surface area contributed by atoms with Crippen LogP contribution in [0.15, 0.2) is 30.3 Å². The van der Waals surface area contributed by atoms with Crippen molar-refractivity contribution >= 4 is 5.91 Å². The third-order valence-corrected chi connectivity index (χ3v) is 5.16. The first-order valence-corrected chi connectivity index (χ1v) is 8.00. The van der Waals surface area contributed by atoms with Gasteiger partial charge in [0.05, 0.1) is 5.41 Å². The van der Waals surface area contributed by atoms with Crippen LogP contribution in [0.2, 0.25) is 0 Å². The predicted octanol–water partition coefficient (Wildman–Crippen LogP) is 2.80. The molecule has 1 aromatic rings. The van der Waals surface area contributed by atoms with Crippen LogP contribution in [0, 0.1) is 11.8 Å². The van der Waals surface area contributed by atoms with Crippen molar-refractivity contribution in [2.24, 2.45) is 17.6 Å². The summed E-state index contributed by atoms with van der Waals surface area (Å²) in [4.78, 5) is 15.0. The fourth-order valence-electron chi connectivity index (χ4n) is 4.01. The predicted molar refractivity (Wildman–Crippen MR) is 87.0 cm³/mol. The van der Waals surface area contributed by atoms with Gasteiger partial charge in [-0.3, -0.25) is 4.79 Å². The SMILES string of the molecule is CC(C)N1CC[C@H]([C@@](C(N)=O)(c2ccccc2)C(C)C)C1. The largest absolute Gasteiger partial charge is 0.369 e. The van der Waals surface area contributed by atoms with E-state index in [0.717, 1.165) is 25.1 Å². The summed E-state index contributed by atoms with van der Waals surface area (Å²) in [5, 5.41) is 0. The molecule has 0 spiro atoms. The van der Waals surface area contributed by atoms with Crippen LogP contribution >= 0.6 is 0 Å². The molecule has 3 nitrogen and oxygen atoms in total. The summed E-state index contributed by atoms with van der Waals surface area (Å²) in [6.45, 7) is 10.7. The second-order valence-electron chi connectivity index (χ2n) is 6.83. The highest BCUT2D eigenvalue weighted by molar-refractivity contribution is 5.87. The van der Waals surface area contributed by atoms with Gasteiger partial charge in [-0.15, -0.1) is 0 Å². The second kappa shape index (κ2) is 6.18.